The molecule has 0 amide bonds. The van der Waals surface area contributed by atoms with E-state index in [1.165, 1.54) is 5.56 Å². The van der Waals surface area contributed by atoms with Gasteiger partial charge in [-0.05, 0) is 36.8 Å². The van der Waals surface area contributed by atoms with Crippen molar-refractivity contribution in [3.63, 3.8) is 0 Å². The van der Waals surface area contributed by atoms with Gasteiger partial charge >= 0.3 is 0 Å². The Hall–Kier alpha value is -2.60. The monoisotopic (exact) mass is 233 g/mol. The molecular formula is C15H11N3. The number of hydrogen-bond donors (Lipinski definition) is 0. The summed E-state index contributed by atoms with van der Waals surface area (Å²) in [5, 5.41) is 0. The summed E-state index contributed by atoms with van der Waals surface area (Å²) >= 11 is 0. The smallest absolute Gasteiger partial charge is 0.189 e. The lowest BCUT2D eigenvalue weighted by Crippen LogP contribution is -1.91. The van der Waals surface area contributed by atoms with Gasteiger partial charge in [0.2, 0.25) is 0 Å². The fraction of sp³-hybridized carbons (Fsp3) is 0.0667. The highest BCUT2D eigenvalue weighted by Crippen LogP contribution is 2.23. The molecule has 3 aromatic rings. The van der Waals surface area contributed by atoms with E-state index in [9.17, 15) is 0 Å². The van der Waals surface area contributed by atoms with Crippen LogP contribution < -0.4 is 0 Å². The molecule has 0 saturated heterocycles. The molecular weight excluding hydrogens is 222 g/mol. The lowest BCUT2D eigenvalue weighted by Gasteiger charge is -2.05. The zero-order chi connectivity index (χ0) is 12.5. The highest BCUT2D eigenvalue weighted by molar-refractivity contribution is 5.81. The summed E-state index contributed by atoms with van der Waals surface area (Å²) in [6.07, 6.45) is 1.80. The zero-order valence-corrected chi connectivity index (χ0v) is 9.96. The van der Waals surface area contributed by atoms with Crippen molar-refractivity contribution in [3.05, 3.63) is 65.8 Å². The summed E-state index contributed by atoms with van der Waals surface area (Å²) in [5.41, 5.74) is 4.78. The van der Waals surface area contributed by atoms with Gasteiger partial charge in [-0.1, -0.05) is 18.2 Å². The molecule has 0 fully saturated rings. The number of nitrogens with zero attached hydrogens (tertiary/aromatic N) is 3. The second-order valence-electron chi connectivity index (χ2n) is 4.24. The van der Waals surface area contributed by atoms with Gasteiger partial charge < -0.3 is 4.57 Å². The van der Waals surface area contributed by atoms with E-state index in [4.69, 9.17) is 6.57 Å². The molecule has 3 heteroatoms. The Morgan fingerprint density at radius 3 is 2.83 bits per heavy atom. The van der Waals surface area contributed by atoms with Crippen molar-refractivity contribution in [1.82, 2.24) is 9.55 Å². The molecule has 0 saturated carbocycles. The highest BCUT2D eigenvalue weighted by Gasteiger charge is 2.05. The molecule has 86 valence electrons. The topological polar surface area (TPSA) is 22.2 Å². The number of fused-ring (bicyclic) bond motifs is 1. The molecule has 1 aromatic heterocycles. The molecule has 0 N–H and O–H groups in total. The van der Waals surface area contributed by atoms with Crippen molar-refractivity contribution in [2.24, 2.45) is 0 Å². The first-order chi connectivity index (χ1) is 8.78. The van der Waals surface area contributed by atoms with Gasteiger partial charge in [-0.3, -0.25) is 0 Å². The van der Waals surface area contributed by atoms with E-state index in [2.05, 4.69) is 28.9 Å². The third-order valence-corrected chi connectivity index (χ3v) is 2.94. The van der Waals surface area contributed by atoms with Crippen molar-refractivity contribution in [2.45, 2.75) is 6.92 Å². The molecule has 0 aliphatic heterocycles. The SMILES string of the molecule is [C-]#[N+]c1ccc2ncn(-c3cccc(C)c3)c2c1. The lowest BCUT2D eigenvalue weighted by molar-refractivity contribution is 1.09. The maximum atomic E-state index is 7.08. The fourth-order valence-electron chi connectivity index (χ4n) is 2.05. The summed E-state index contributed by atoms with van der Waals surface area (Å²) in [5.74, 6) is 0. The highest BCUT2D eigenvalue weighted by atomic mass is 15.0. The van der Waals surface area contributed by atoms with Gasteiger partial charge in [0.1, 0.15) is 6.33 Å². The summed E-state index contributed by atoms with van der Waals surface area (Å²) in [6, 6.07) is 13.8. The van der Waals surface area contributed by atoms with Gasteiger partial charge in [0.25, 0.3) is 0 Å². The summed E-state index contributed by atoms with van der Waals surface area (Å²) in [7, 11) is 0. The van der Waals surface area contributed by atoms with Crippen LogP contribution in [0.3, 0.4) is 0 Å². The Morgan fingerprint density at radius 1 is 1.17 bits per heavy atom. The van der Waals surface area contributed by atoms with Crippen molar-refractivity contribution >= 4 is 16.7 Å². The third kappa shape index (κ3) is 1.64. The number of hydrogen-bond acceptors (Lipinski definition) is 1. The predicted octanol–water partition coefficient (Wildman–Crippen LogP) is 3.88. The van der Waals surface area contributed by atoms with Crippen molar-refractivity contribution in [3.8, 4) is 5.69 Å². The Labute approximate surface area is 105 Å². The van der Waals surface area contributed by atoms with E-state index in [-0.39, 0.29) is 0 Å². The summed E-state index contributed by atoms with van der Waals surface area (Å²) < 4.78 is 2.01. The number of benzene rings is 2. The van der Waals surface area contributed by atoms with Crippen LogP contribution in [0.2, 0.25) is 0 Å². The van der Waals surface area contributed by atoms with Crippen LogP contribution in [0, 0.1) is 13.5 Å². The van der Waals surface area contributed by atoms with E-state index >= 15 is 0 Å². The first-order valence-electron chi connectivity index (χ1n) is 5.69. The van der Waals surface area contributed by atoms with Crippen LogP contribution in [-0.2, 0) is 0 Å². The molecule has 0 spiro atoms. The second kappa shape index (κ2) is 4.01. The van der Waals surface area contributed by atoms with Crippen molar-refractivity contribution in [1.29, 1.82) is 0 Å². The molecule has 3 rings (SSSR count). The molecule has 0 atom stereocenters. The van der Waals surface area contributed by atoms with Crippen LogP contribution in [0.4, 0.5) is 5.69 Å². The molecule has 2 aromatic carbocycles. The van der Waals surface area contributed by atoms with E-state index in [1.807, 2.05) is 28.8 Å². The zero-order valence-electron chi connectivity index (χ0n) is 9.96. The molecule has 0 bridgehead atoms. The van der Waals surface area contributed by atoms with Gasteiger partial charge in [-0.15, -0.1) is 0 Å². The van der Waals surface area contributed by atoms with Gasteiger partial charge in [-0.2, -0.15) is 0 Å². The van der Waals surface area contributed by atoms with E-state index < -0.39 is 0 Å². The average Bonchev–Trinajstić information content (AvgIpc) is 2.81. The van der Waals surface area contributed by atoms with Crippen LogP contribution in [0.25, 0.3) is 21.6 Å². The Kier molecular flexibility index (Phi) is 2.35. The quantitative estimate of drug-likeness (QED) is 0.584. The minimum atomic E-state index is 0.636. The minimum Gasteiger partial charge on any atom is -0.300 e. The molecule has 0 radical (unpaired) electrons. The molecule has 18 heavy (non-hydrogen) atoms. The summed E-state index contributed by atoms with van der Waals surface area (Å²) in [6.45, 7) is 9.14. The van der Waals surface area contributed by atoms with Gasteiger partial charge in [0.15, 0.2) is 5.69 Å². The van der Waals surface area contributed by atoms with Crippen LogP contribution >= 0.6 is 0 Å². The van der Waals surface area contributed by atoms with Gasteiger partial charge in [-0.25, -0.2) is 9.83 Å². The normalized spacial score (nSPS) is 10.4. The Balaban J connectivity index is 2.27. The van der Waals surface area contributed by atoms with Crippen LogP contribution in [0.5, 0.6) is 0 Å². The van der Waals surface area contributed by atoms with Gasteiger partial charge in [0.05, 0.1) is 17.6 Å². The Bertz CT molecular complexity index is 763. The number of rotatable bonds is 1. The predicted molar refractivity (Wildman–Crippen MR) is 72.1 cm³/mol. The molecule has 3 nitrogen and oxygen atoms in total. The fourth-order valence-corrected chi connectivity index (χ4v) is 2.05. The standard InChI is InChI=1S/C15H11N3/c1-11-4-3-5-13(8-11)18-10-17-14-7-6-12(16-2)9-15(14)18/h3-10H,1H3. The minimum absolute atomic E-state index is 0.636. The Morgan fingerprint density at radius 2 is 2.06 bits per heavy atom. The summed E-state index contributed by atoms with van der Waals surface area (Å²) in [4.78, 5) is 7.82. The van der Waals surface area contributed by atoms with Crippen LogP contribution in [-0.4, -0.2) is 9.55 Å². The molecule has 0 aliphatic rings. The van der Waals surface area contributed by atoms with Crippen molar-refractivity contribution in [2.75, 3.05) is 0 Å². The van der Waals surface area contributed by atoms with E-state index in [0.717, 1.165) is 16.7 Å². The maximum Gasteiger partial charge on any atom is 0.189 e. The first-order valence-corrected chi connectivity index (χ1v) is 5.69. The molecule has 0 unspecified atom stereocenters. The number of imidazole rings is 1. The lowest BCUT2D eigenvalue weighted by atomic mass is 10.2. The van der Waals surface area contributed by atoms with Crippen LogP contribution in [0.1, 0.15) is 5.56 Å². The largest absolute Gasteiger partial charge is 0.300 e. The third-order valence-electron chi connectivity index (χ3n) is 2.94. The number of aromatic nitrogens is 2. The number of aryl methyl sites for hydroxylation is 1. The second-order valence-corrected chi connectivity index (χ2v) is 4.24. The first kappa shape index (κ1) is 10.5. The molecule has 1 heterocycles. The van der Waals surface area contributed by atoms with Crippen LogP contribution in [0.15, 0.2) is 48.8 Å². The maximum absolute atomic E-state index is 7.08. The molecule has 0 aliphatic carbocycles. The van der Waals surface area contributed by atoms with E-state index in [1.54, 1.807) is 12.4 Å². The van der Waals surface area contributed by atoms with E-state index in [0.29, 0.717) is 5.69 Å². The van der Waals surface area contributed by atoms with Gasteiger partial charge in [0, 0.05) is 5.69 Å². The van der Waals surface area contributed by atoms with Crippen molar-refractivity contribution < 1.29 is 0 Å². The average molecular weight is 233 g/mol.